The van der Waals surface area contributed by atoms with Crippen molar-refractivity contribution < 1.29 is 4.57 Å². The summed E-state index contributed by atoms with van der Waals surface area (Å²) in [6.45, 7) is 5.78. The third-order valence-electron chi connectivity index (χ3n) is 2.71. The lowest BCUT2D eigenvalue weighted by Crippen LogP contribution is -2.33. The van der Waals surface area contributed by atoms with Crippen LogP contribution in [-0.2, 0) is 6.54 Å². The van der Waals surface area contributed by atoms with Gasteiger partial charge in [-0.15, -0.1) is 0 Å². The van der Waals surface area contributed by atoms with Gasteiger partial charge in [0.15, 0.2) is 12.4 Å². The highest BCUT2D eigenvalue weighted by atomic mass is 14.9. The summed E-state index contributed by atoms with van der Waals surface area (Å²) >= 11 is 0. The molecule has 0 fully saturated rings. The Hall–Kier alpha value is -0.850. The van der Waals surface area contributed by atoms with Gasteiger partial charge in [0.1, 0.15) is 6.54 Å². The van der Waals surface area contributed by atoms with E-state index < -0.39 is 0 Å². The van der Waals surface area contributed by atoms with Crippen molar-refractivity contribution in [2.75, 3.05) is 0 Å². The molecule has 0 radical (unpaired) electrons. The van der Waals surface area contributed by atoms with E-state index in [0.717, 1.165) is 12.5 Å². The first-order valence-electron chi connectivity index (χ1n) is 5.77. The van der Waals surface area contributed by atoms with Crippen molar-refractivity contribution in [1.82, 2.24) is 0 Å². The number of pyridine rings is 1. The fraction of sp³-hybridized carbons (Fsp3) is 0.615. The van der Waals surface area contributed by atoms with Gasteiger partial charge in [-0.05, 0) is 5.92 Å². The Morgan fingerprint density at radius 3 is 2.43 bits per heavy atom. The molecule has 0 aliphatic heterocycles. The van der Waals surface area contributed by atoms with Crippen LogP contribution in [0, 0.1) is 5.92 Å². The minimum Gasteiger partial charge on any atom is -0.205 e. The second-order valence-corrected chi connectivity index (χ2v) is 4.15. The fourth-order valence-electron chi connectivity index (χ4n) is 1.65. The molecular weight excluding hydrogens is 170 g/mol. The van der Waals surface area contributed by atoms with Gasteiger partial charge < -0.3 is 0 Å². The Kier molecular flexibility index (Phi) is 5.28. The molecule has 0 bridgehead atoms. The maximum Gasteiger partial charge on any atom is 0.168 e. The lowest BCUT2D eigenvalue weighted by atomic mass is 10.0. The number of unbranched alkanes of at least 4 members (excludes halogenated alkanes) is 1. The molecule has 1 rings (SSSR count). The molecule has 0 saturated carbocycles. The maximum atomic E-state index is 2.36. The summed E-state index contributed by atoms with van der Waals surface area (Å²) in [7, 11) is 0. The van der Waals surface area contributed by atoms with Crippen molar-refractivity contribution in [3.05, 3.63) is 30.6 Å². The largest absolute Gasteiger partial charge is 0.205 e. The Morgan fingerprint density at radius 1 is 1.07 bits per heavy atom. The highest BCUT2D eigenvalue weighted by Crippen LogP contribution is 2.11. The first kappa shape index (κ1) is 11.2. The molecule has 0 N–H and O–H groups in total. The van der Waals surface area contributed by atoms with Gasteiger partial charge in [0, 0.05) is 18.6 Å². The van der Waals surface area contributed by atoms with Crippen LogP contribution in [0.2, 0.25) is 0 Å². The quantitative estimate of drug-likeness (QED) is 0.609. The number of hydrogen-bond acceptors (Lipinski definition) is 0. The minimum atomic E-state index is 0.864. The second-order valence-electron chi connectivity index (χ2n) is 4.15. The van der Waals surface area contributed by atoms with E-state index in [0.29, 0.717) is 0 Å². The minimum absolute atomic E-state index is 0.864. The van der Waals surface area contributed by atoms with Crippen molar-refractivity contribution >= 4 is 0 Å². The van der Waals surface area contributed by atoms with Gasteiger partial charge in [-0.2, -0.15) is 0 Å². The van der Waals surface area contributed by atoms with Crippen molar-refractivity contribution in [2.24, 2.45) is 5.92 Å². The molecule has 1 unspecified atom stereocenters. The first-order chi connectivity index (χ1) is 6.83. The van der Waals surface area contributed by atoms with Crippen LogP contribution in [0.1, 0.15) is 39.5 Å². The standard InChI is InChI=1S/C13H22N/c1-3-4-8-13(2)9-12-14-10-6-5-7-11-14/h5-7,10-11,13H,3-4,8-9,12H2,1-2H3/q+1. The monoisotopic (exact) mass is 192 g/mol. The number of nitrogens with zero attached hydrogens (tertiary/aromatic N) is 1. The van der Waals surface area contributed by atoms with E-state index in [1.807, 2.05) is 0 Å². The van der Waals surface area contributed by atoms with Crippen molar-refractivity contribution in [1.29, 1.82) is 0 Å². The molecule has 0 spiro atoms. The van der Waals surface area contributed by atoms with E-state index in [2.05, 4.69) is 49.0 Å². The Balaban J connectivity index is 2.20. The number of aryl methyl sites for hydroxylation is 1. The normalized spacial score (nSPS) is 12.7. The Bertz CT molecular complexity index is 230. The summed E-state index contributed by atoms with van der Waals surface area (Å²) in [6.07, 6.45) is 9.67. The molecule has 78 valence electrons. The third-order valence-corrected chi connectivity index (χ3v) is 2.71. The van der Waals surface area contributed by atoms with Crippen LogP contribution >= 0.6 is 0 Å². The van der Waals surface area contributed by atoms with Crippen LogP contribution in [0.4, 0.5) is 0 Å². The van der Waals surface area contributed by atoms with Gasteiger partial charge in [-0.3, -0.25) is 0 Å². The summed E-state index contributed by atoms with van der Waals surface area (Å²) in [6, 6.07) is 6.25. The lowest BCUT2D eigenvalue weighted by Gasteiger charge is -2.07. The highest BCUT2D eigenvalue weighted by Gasteiger charge is 2.04. The van der Waals surface area contributed by atoms with Crippen LogP contribution in [0.3, 0.4) is 0 Å². The summed E-state index contributed by atoms with van der Waals surface area (Å²) < 4.78 is 2.27. The lowest BCUT2D eigenvalue weighted by molar-refractivity contribution is -0.698. The van der Waals surface area contributed by atoms with Crippen molar-refractivity contribution in [2.45, 2.75) is 46.1 Å². The summed E-state index contributed by atoms with van der Waals surface area (Å²) in [5, 5.41) is 0. The molecule has 14 heavy (non-hydrogen) atoms. The topological polar surface area (TPSA) is 3.88 Å². The van der Waals surface area contributed by atoms with Gasteiger partial charge in [-0.1, -0.05) is 39.2 Å². The van der Waals surface area contributed by atoms with Crippen LogP contribution in [0.15, 0.2) is 30.6 Å². The van der Waals surface area contributed by atoms with Crippen molar-refractivity contribution in [3.63, 3.8) is 0 Å². The molecule has 1 nitrogen and oxygen atoms in total. The van der Waals surface area contributed by atoms with Crippen LogP contribution in [-0.4, -0.2) is 0 Å². The van der Waals surface area contributed by atoms with Gasteiger partial charge >= 0.3 is 0 Å². The SMILES string of the molecule is CCCCC(C)CC[n+]1ccccc1. The summed E-state index contributed by atoms with van der Waals surface area (Å²) in [5.74, 6) is 0.864. The molecule has 1 aromatic heterocycles. The predicted molar refractivity (Wildman–Crippen MR) is 59.9 cm³/mol. The zero-order chi connectivity index (χ0) is 10.2. The molecule has 0 aliphatic rings. The molecule has 0 aromatic carbocycles. The van der Waals surface area contributed by atoms with Gasteiger partial charge in [0.25, 0.3) is 0 Å². The second kappa shape index (κ2) is 6.58. The van der Waals surface area contributed by atoms with E-state index in [-0.39, 0.29) is 0 Å². The summed E-state index contributed by atoms with van der Waals surface area (Å²) in [5.41, 5.74) is 0. The molecule has 1 atom stereocenters. The van der Waals surface area contributed by atoms with E-state index in [9.17, 15) is 0 Å². The third kappa shape index (κ3) is 4.40. The molecule has 1 heterocycles. The van der Waals surface area contributed by atoms with Gasteiger partial charge in [-0.25, -0.2) is 4.57 Å². The number of rotatable bonds is 6. The van der Waals surface area contributed by atoms with E-state index in [1.54, 1.807) is 0 Å². The molecule has 0 amide bonds. The van der Waals surface area contributed by atoms with Crippen molar-refractivity contribution in [3.8, 4) is 0 Å². The van der Waals surface area contributed by atoms with E-state index in [4.69, 9.17) is 0 Å². The van der Waals surface area contributed by atoms with E-state index in [1.165, 1.54) is 25.7 Å². The molecule has 1 aromatic rings. The van der Waals surface area contributed by atoms with E-state index >= 15 is 0 Å². The van der Waals surface area contributed by atoms with Crippen LogP contribution in [0.5, 0.6) is 0 Å². The zero-order valence-corrected chi connectivity index (χ0v) is 9.45. The molecular formula is C13H22N+. The smallest absolute Gasteiger partial charge is 0.168 e. The Labute approximate surface area is 87.8 Å². The number of aromatic nitrogens is 1. The number of hydrogen-bond donors (Lipinski definition) is 0. The Morgan fingerprint density at radius 2 is 1.79 bits per heavy atom. The first-order valence-corrected chi connectivity index (χ1v) is 5.77. The van der Waals surface area contributed by atoms with Gasteiger partial charge in [0.2, 0.25) is 0 Å². The van der Waals surface area contributed by atoms with Crippen LogP contribution < -0.4 is 4.57 Å². The average molecular weight is 192 g/mol. The summed E-state index contributed by atoms with van der Waals surface area (Å²) in [4.78, 5) is 0. The van der Waals surface area contributed by atoms with Crippen LogP contribution in [0.25, 0.3) is 0 Å². The predicted octanol–water partition coefficient (Wildman–Crippen LogP) is 3.19. The fourth-order valence-corrected chi connectivity index (χ4v) is 1.65. The average Bonchev–Trinajstić information content (AvgIpc) is 2.25. The molecule has 0 saturated heterocycles. The van der Waals surface area contributed by atoms with Gasteiger partial charge in [0.05, 0.1) is 0 Å². The maximum absolute atomic E-state index is 2.36. The highest BCUT2D eigenvalue weighted by molar-refractivity contribution is 4.83. The molecule has 0 aliphatic carbocycles. The zero-order valence-electron chi connectivity index (χ0n) is 9.45. The molecule has 1 heteroatoms.